The van der Waals surface area contributed by atoms with E-state index >= 15 is 0 Å². The maximum atomic E-state index is 10.9. The van der Waals surface area contributed by atoms with Crippen LogP contribution in [-0.4, -0.2) is 41.6 Å². The Balaban J connectivity index is 0.00000144. The molecule has 1 rings (SSSR count). The van der Waals surface area contributed by atoms with Crippen LogP contribution in [0.4, 0.5) is 0 Å². The van der Waals surface area contributed by atoms with E-state index in [2.05, 4.69) is 12.6 Å². The Kier molecular flexibility index (Phi) is 5.56. The second kappa shape index (κ2) is 5.60. The van der Waals surface area contributed by atoms with Crippen LogP contribution in [0.15, 0.2) is 23.1 Å². The van der Waals surface area contributed by atoms with Crippen LogP contribution in [-0.2, 0) is 0 Å². The molecule has 0 aliphatic carbocycles. The van der Waals surface area contributed by atoms with E-state index in [1.54, 1.807) is 12.1 Å². The molecule has 0 spiro atoms. The summed E-state index contributed by atoms with van der Waals surface area (Å²) in [5.41, 5.74) is 0.987. The summed E-state index contributed by atoms with van der Waals surface area (Å²) in [6.07, 6.45) is 0.689. The van der Waals surface area contributed by atoms with E-state index in [0.717, 1.165) is 0 Å². The van der Waals surface area contributed by atoms with Gasteiger partial charge in [0, 0.05) is 16.0 Å². The van der Waals surface area contributed by atoms with Gasteiger partial charge in [-0.15, -0.1) is 12.6 Å². The third kappa shape index (κ3) is 3.27. The van der Waals surface area contributed by atoms with Gasteiger partial charge in [-0.3, -0.25) is 9.59 Å². The molecule has 0 heterocycles. The number of ketones is 1. The van der Waals surface area contributed by atoms with Crippen LogP contribution >= 0.6 is 12.6 Å². The number of carbonyl (C=O) groups excluding carboxylic acids is 2. The van der Waals surface area contributed by atoms with Gasteiger partial charge in [0.2, 0.25) is 0 Å². The van der Waals surface area contributed by atoms with Crippen molar-refractivity contribution in [2.45, 2.75) is 11.8 Å². The average Bonchev–Trinajstić information content (AvgIpc) is 2.05. The number of hydrogen-bond donors (Lipinski definition) is 1. The fourth-order valence-corrected chi connectivity index (χ4v) is 1.06. The second-order valence-electron chi connectivity index (χ2n) is 2.45. The number of hydrogen-bond acceptors (Lipinski definition) is 3. The molecule has 0 saturated carbocycles. The first-order valence-electron chi connectivity index (χ1n) is 3.44. The fourth-order valence-electron chi connectivity index (χ4n) is 0.868. The van der Waals surface area contributed by atoms with Gasteiger partial charge in [-0.2, -0.15) is 0 Å². The first-order chi connectivity index (χ1) is 5.65. The van der Waals surface area contributed by atoms with Crippen LogP contribution in [0.1, 0.15) is 27.6 Å². The Morgan fingerprint density at radius 3 is 2.54 bits per heavy atom. The minimum absolute atomic E-state index is 0. The van der Waals surface area contributed by atoms with Crippen LogP contribution < -0.4 is 0 Å². The molecule has 0 unspecified atom stereocenters. The zero-order chi connectivity index (χ0) is 9.14. The van der Waals surface area contributed by atoms with E-state index < -0.39 is 0 Å². The Morgan fingerprint density at radius 2 is 2.08 bits per heavy atom. The minimum atomic E-state index is -0.0496. The zero-order valence-electron chi connectivity index (χ0n) is 6.57. The van der Waals surface area contributed by atoms with E-state index in [0.29, 0.717) is 22.3 Å². The van der Waals surface area contributed by atoms with Gasteiger partial charge in [-0.1, -0.05) is 6.07 Å². The molecular weight excluding hydrogens is 195 g/mol. The van der Waals surface area contributed by atoms with Crippen molar-refractivity contribution in [2.75, 3.05) is 0 Å². The summed E-state index contributed by atoms with van der Waals surface area (Å²) in [6, 6.07) is 4.83. The van der Waals surface area contributed by atoms with Crippen molar-refractivity contribution in [1.82, 2.24) is 0 Å². The van der Waals surface area contributed by atoms with Gasteiger partial charge >= 0.3 is 29.6 Å². The van der Waals surface area contributed by atoms with Crippen LogP contribution in [0.3, 0.4) is 0 Å². The Labute approximate surface area is 104 Å². The van der Waals surface area contributed by atoms with Crippen LogP contribution in [0, 0.1) is 0 Å². The van der Waals surface area contributed by atoms with Crippen molar-refractivity contribution >= 4 is 54.3 Å². The van der Waals surface area contributed by atoms with Gasteiger partial charge < -0.3 is 0 Å². The van der Waals surface area contributed by atoms with E-state index in [-0.39, 0.29) is 35.3 Å². The molecular formula is C9H9NaO2S. The number of aldehydes is 1. The van der Waals surface area contributed by atoms with Crippen molar-refractivity contribution < 1.29 is 9.59 Å². The molecule has 64 valence electrons. The number of carbonyl (C=O) groups is 2. The summed E-state index contributed by atoms with van der Waals surface area (Å²) in [4.78, 5) is 21.9. The fraction of sp³-hybridized carbons (Fsp3) is 0.111. The van der Waals surface area contributed by atoms with Crippen LogP contribution in [0.2, 0.25) is 0 Å². The molecule has 13 heavy (non-hydrogen) atoms. The molecule has 0 aromatic heterocycles. The summed E-state index contributed by atoms with van der Waals surface area (Å²) >= 11 is 4.05. The first kappa shape index (κ1) is 12.9. The molecule has 0 aliphatic heterocycles. The van der Waals surface area contributed by atoms with Crippen molar-refractivity contribution in [2.24, 2.45) is 0 Å². The topological polar surface area (TPSA) is 34.1 Å². The summed E-state index contributed by atoms with van der Waals surface area (Å²) in [6.45, 7) is 1.46. The molecule has 1 aromatic rings. The van der Waals surface area contributed by atoms with E-state index in [9.17, 15) is 9.59 Å². The number of thiol groups is 1. The van der Waals surface area contributed by atoms with E-state index in [1.165, 1.54) is 13.0 Å². The number of Topliss-reactive ketones (excluding diaryl/α,β-unsaturated/α-hetero) is 1. The third-order valence-corrected chi connectivity index (χ3v) is 1.97. The Bertz CT molecular complexity index is 336. The third-order valence-electron chi connectivity index (χ3n) is 1.56. The monoisotopic (exact) mass is 204 g/mol. The second-order valence-corrected chi connectivity index (χ2v) is 2.93. The Hall–Kier alpha value is -0.0900. The van der Waals surface area contributed by atoms with Gasteiger partial charge in [0.1, 0.15) is 0 Å². The molecule has 0 saturated heterocycles. The predicted octanol–water partition coefficient (Wildman–Crippen LogP) is 1.34. The van der Waals surface area contributed by atoms with Gasteiger partial charge in [0.05, 0.1) is 0 Å². The Morgan fingerprint density at radius 1 is 1.46 bits per heavy atom. The first-order valence-corrected chi connectivity index (χ1v) is 3.89. The SMILES string of the molecule is CC(=O)c1ccc(S)c(C=O)c1.[NaH]. The summed E-state index contributed by atoms with van der Waals surface area (Å²) < 4.78 is 0. The molecule has 0 atom stereocenters. The van der Waals surface area contributed by atoms with Crippen molar-refractivity contribution in [3.05, 3.63) is 29.3 Å². The molecule has 0 radical (unpaired) electrons. The summed E-state index contributed by atoms with van der Waals surface area (Å²) in [7, 11) is 0. The number of benzene rings is 1. The molecule has 4 heteroatoms. The van der Waals surface area contributed by atoms with Gasteiger partial charge in [0.25, 0.3) is 0 Å². The standard InChI is InChI=1S/C9H8O2S.Na.H/c1-6(11)7-2-3-9(12)8(4-7)5-10;;/h2-5,12H,1H3;;. The molecule has 0 N–H and O–H groups in total. The van der Waals surface area contributed by atoms with Crippen molar-refractivity contribution in [3.8, 4) is 0 Å². The molecule has 0 bridgehead atoms. The maximum absolute atomic E-state index is 10.9. The average molecular weight is 204 g/mol. The molecule has 0 aliphatic rings. The van der Waals surface area contributed by atoms with Crippen LogP contribution in [0.5, 0.6) is 0 Å². The van der Waals surface area contributed by atoms with E-state index in [4.69, 9.17) is 0 Å². The van der Waals surface area contributed by atoms with Gasteiger partial charge in [-0.05, 0) is 19.1 Å². The molecule has 2 nitrogen and oxygen atoms in total. The number of rotatable bonds is 2. The summed E-state index contributed by atoms with van der Waals surface area (Å²) in [5.74, 6) is -0.0496. The van der Waals surface area contributed by atoms with Gasteiger partial charge in [-0.25, -0.2) is 0 Å². The van der Waals surface area contributed by atoms with E-state index in [1.807, 2.05) is 0 Å². The summed E-state index contributed by atoms with van der Waals surface area (Å²) in [5, 5.41) is 0. The normalized spacial score (nSPS) is 8.77. The quantitative estimate of drug-likeness (QED) is 0.341. The zero-order valence-corrected chi connectivity index (χ0v) is 7.47. The predicted molar refractivity (Wildman–Crippen MR) is 56.2 cm³/mol. The van der Waals surface area contributed by atoms with Crippen LogP contribution in [0.25, 0.3) is 0 Å². The molecule has 0 amide bonds. The van der Waals surface area contributed by atoms with Crippen molar-refractivity contribution in [3.63, 3.8) is 0 Å². The molecule has 0 fully saturated rings. The van der Waals surface area contributed by atoms with Gasteiger partial charge in [0.15, 0.2) is 12.1 Å². The van der Waals surface area contributed by atoms with Crippen molar-refractivity contribution in [1.29, 1.82) is 0 Å². The molecule has 1 aromatic carbocycles.